The van der Waals surface area contributed by atoms with Crippen LogP contribution in [0.1, 0.15) is 58.4 Å². The highest BCUT2D eigenvalue weighted by molar-refractivity contribution is 6.02. The van der Waals surface area contributed by atoms with Gasteiger partial charge in [-0.3, -0.25) is 14.4 Å². The maximum atomic E-state index is 13.1. The number of anilines is 1. The van der Waals surface area contributed by atoms with Crippen LogP contribution in [-0.2, 0) is 9.59 Å². The Hall–Kier alpha value is -2.89. The van der Waals surface area contributed by atoms with Crippen molar-refractivity contribution < 1.29 is 9.59 Å². The second kappa shape index (κ2) is 6.81. The molecule has 1 heterocycles. The van der Waals surface area contributed by atoms with Crippen molar-refractivity contribution in [1.82, 2.24) is 4.57 Å². The molecule has 6 nitrogen and oxygen atoms in total. The van der Waals surface area contributed by atoms with E-state index in [9.17, 15) is 14.4 Å². The molecule has 4 bridgehead atoms. The molecule has 4 aliphatic carbocycles. The fourth-order valence-corrected chi connectivity index (χ4v) is 6.84. The molecule has 2 fully saturated rings. The summed E-state index contributed by atoms with van der Waals surface area (Å²) in [5.74, 6) is 0.155. The van der Waals surface area contributed by atoms with Crippen LogP contribution in [0, 0.1) is 16.7 Å². The molecule has 1 aromatic carbocycles. The van der Waals surface area contributed by atoms with Gasteiger partial charge in [-0.1, -0.05) is 24.6 Å². The Balaban J connectivity index is 1.40. The summed E-state index contributed by atoms with van der Waals surface area (Å²) in [5.41, 5.74) is 7.56. The van der Waals surface area contributed by atoms with E-state index in [1.165, 1.54) is 17.4 Å². The summed E-state index contributed by atoms with van der Waals surface area (Å²) in [5, 5.41) is 4.21. The molecule has 6 heteroatoms. The third-order valence-corrected chi connectivity index (χ3v) is 7.57. The van der Waals surface area contributed by atoms with Crippen molar-refractivity contribution in [3.63, 3.8) is 0 Å². The smallest absolute Gasteiger partial charge is 0.259 e. The molecule has 6 rings (SSSR count). The quantitative estimate of drug-likeness (QED) is 0.720. The summed E-state index contributed by atoms with van der Waals surface area (Å²) < 4.78 is 1.33. The van der Waals surface area contributed by atoms with Gasteiger partial charge in [-0.2, -0.15) is 0 Å². The van der Waals surface area contributed by atoms with Gasteiger partial charge in [0.05, 0.1) is 0 Å². The number of nitrogens with two attached hydrogens (primary N) is 1. The number of benzene rings is 1. The monoisotopic (exact) mass is 419 g/mol. The van der Waals surface area contributed by atoms with Gasteiger partial charge in [0.15, 0.2) is 0 Å². The number of carbonyl (C=O) groups excluding carboxylic acids is 2. The molecule has 2 amide bonds. The van der Waals surface area contributed by atoms with Gasteiger partial charge >= 0.3 is 0 Å². The Morgan fingerprint density at radius 2 is 2.06 bits per heavy atom. The van der Waals surface area contributed by atoms with Gasteiger partial charge in [0.2, 0.25) is 11.8 Å². The van der Waals surface area contributed by atoms with E-state index >= 15 is 0 Å². The Morgan fingerprint density at radius 3 is 2.77 bits per heavy atom. The van der Waals surface area contributed by atoms with E-state index in [2.05, 4.69) is 18.3 Å². The zero-order chi connectivity index (χ0) is 22.0. The van der Waals surface area contributed by atoms with E-state index in [0.29, 0.717) is 28.8 Å². The molecule has 0 spiro atoms. The third-order valence-electron chi connectivity index (χ3n) is 7.57. The number of amides is 2. The molecule has 1 aromatic heterocycles. The normalized spacial score (nSPS) is 29.6. The Morgan fingerprint density at radius 1 is 1.26 bits per heavy atom. The number of carbonyl (C=O) groups is 2. The predicted molar refractivity (Wildman–Crippen MR) is 121 cm³/mol. The van der Waals surface area contributed by atoms with Gasteiger partial charge in [0.25, 0.3) is 5.56 Å². The predicted octanol–water partition coefficient (Wildman–Crippen LogP) is 3.90. The van der Waals surface area contributed by atoms with Gasteiger partial charge in [-0.15, -0.1) is 0 Å². The van der Waals surface area contributed by atoms with Crippen molar-refractivity contribution in [3.8, 4) is 0 Å². The van der Waals surface area contributed by atoms with Crippen LogP contribution >= 0.6 is 0 Å². The second-order valence-electron chi connectivity index (χ2n) is 10.4. The van der Waals surface area contributed by atoms with Gasteiger partial charge in [-0.05, 0) is 74.0 Å². The number of aromatic nitrogens is 1. The first kappa shape index (κ1) is 20.0. The lowest BCUT2D eigenvalue weighted by Gasteiger charge is -2.57. The molecule has 4 aliphatic rings. The highest BCUT2D eigenvalue weighted by Gasteiger charge is 2.52. The van der Waals surface area contributed by atoms with E-state index in [0.717, 1.165) is 19.3 Å². The van der Waals surface area contributed by atoms with Crippen LogP contribution in [0.3, 0.4) is 0 Å². The third kappa shape index (κ3) is 3.38. The van der Waals surface area contributed by atoms with Crippen molar-refractivity contribution in [2.45, 2.75) is 58.4 Å². The number of hydrogen-bond donors (Lipinski definition) is 2. The number of pyridine rings is 1. The summed E-state index contributed by atoms with van der Waals surface area (Å²) in [6.07, 6.45) is 10.3. The van der Waals surface area contributed by atoms with Gasteiger partial charge < -0.3 is 15.6 Å². The van der Waals surface area contributed by atoms with Crippen molar-refractivity contribution in [3.05, 3.63) is 52.5 Å². The van der Waals surface area contributed by atoms with Gasteiger partial charge in [0, 0.05) is 29.1 Å². The number of allylic oxidation sites excluding steroid dienone is 2. The van der Waals surface area contributed by atoms with Crippen LogP contribution in [-0.4, -0.2) is 16.4 Å². The van der Waals surface area contributed by atoms with Crippen molar-refractivity contribution in [1.29, 1.82) is 0 Å². The molecule has 162 valence electrons. The molecule has 31 heavy (non-hydrogen) atoms. The van der Waals surface area contributed by atoms with Crippen molar-refractivity contribution in [2.75, 3.05) is 5.32 Å². The first-order chi connectivity index (χ1) is 14.7. The number of primary amides is 1. The van der Waals surface area contributed by atoms with E-state index in [1.807, 2.05) is 6.07 Å². The number of fused-ring (bicyclic) bond motifs is 1. The molecule has 4 unspecified atom stereocenters. The van der Waals surface area contributed by atoms with Crippen LogP contribution < -0.4 is 16.6 Å². The zero-order valence-corrected chi connectivity index (χ0v) is 18.1. The highest BCUT2D eigenvalue weighted by atomic mass is 16.2. The lowest BCUT2D eigenvalue weighted by molar-refractivity contribution is -0.121. The zero-order valence-electron chi connectivity index (χ0n) is 18.1. The van der Waals surface area contributed by atoms with Gasteiger partial charge in [0.1, 0.15) is 6.04 Å². The maximum Gasteiger partial charge on any atom is 0.259 e. The topological polar surface area (TPSA) is 94.2 Å². The standard InChI is InChI=1S/C25H29N3O3/c1-15(22(26)30)28-7-6-18-19(23(28)31)4-3-5-20(18)27-21(29)13-25-11-16-8-17(12-25)10-24(2,9-16)14-25/h3-7,9,15,17H,8,10-14H2,1-2H3,(H2,26,30)(H,27,29). The molecular weight excluding hydrogens is 390 g/mol. The average Bonchev–Trinajstić information content (AvgIpc) is 2.65. The fourth-order valence-electron chi connectivity index (χ4n) is 6.84. The summed E-state index contributed by atoms with van der Waals surface area (Å²) in [4.78, 5) is 37.5. The van der Waals surface area contributed by atoms with Crippen LogP contribution in [0.4, 0.5) is 5.69 Å². The SMILES string of the molecule is CC(C(N)=O)n1ccc2c(NC(=O)CC34CC5=CC(C)(CC(C5)C3)C4)cccc2c1=O. The number of nitrogens with zero attached hydrogens (tertiary/aromatic N) is 1. The Kier molecular flexibility index (Phi) is 4.40. The lowest BCUT2D eigenvalue weighted by atomic mass is 9.48. The van der Waals surface area contributed by atoms with E-state index in [-0.39, 0.29) is 22.3 Å². The largest absolute Gasteiger partial charge is 0.368 e. The van der Waals surface area contributed by atoms with Gasteiger partial charge in [-0.25, -0.2) is 0 Å². The maximum absolute atomic E-state index is 13.1. The molecule has 0 radical (unpaired) electrons. The Labute approximate surface area is 181 Å². The molecule has 2 aromatic rings. The fraction of sp³-hybridized carbons (Fsp3) is 0.480. The number of hydrogen-bond acceptors (Lipinski definition) is 3. The number of nitrogens with one attached hydrogen (secondary N) is 1. The first-order valence-electron chi connectivity index (χ1n) is 11.1. The van der Waals surface area contributed by atoms with Crippen LogP contribution in [0.5, 0.6) is 0 Å². The minimum absolute atomic E-state index is 0.00772. The summed E-state index contributed by atoms with van der Waals surface area (Å²) in [6, 6.07) is 6.33. The molecule has 4 atom stereocenters. The van der Waals surface area contributed by atoms with E-state index in [1.54, 1.807) is 36.9 Å². The van der Waals surface area contributed by atoms with E-state index in [4.69, 9.17) is 5.73 Å². The summed E-state index contributed by atoms with van der Waals surface area (Å²) >= 11 is 0. The molecule has 0 aliphatic heterocycles. The second-order valence-corrected chi connectivity index (χ2v) is 10.4. The number of rotatable bonds is 5. The van der Waals surface area contributed by atoms with Crippen LogP contribution in [0.15, 0.2) is 46.9 Å². The van der Waals surface area contributed by atoms with Crippen LogP contribution in [0.25, 0.3) is 10.8 Å². The van der Waals surface area contributed by atoms with Crippen molar-refractivity contribution in [2.24, 2.45) is 22.5 Å². The first-order valence-corrected chi connectivity index (χ1v) is 11.1. The summed E-state index contributed by atoms with van der Waals surface area (Å²) in [7, 11) is 0. The summed E-state index contributed by atoms with van der Waals surface area (Å²) in [6.45, 7) is 3.94. The van der Waals surface area contributed by atoms with Crippen molar-refractivity contribution >= 4 is 28.3 Å². The molecular formula is C25H29N3O3. The minimum atomic E-state index is -0.734. The van der Waals surface area contributed by atoms with E-state index < -0.39 is 11.9 Å². The average molecular weight is 420 g/mol. The molecule has 0 saturated heterocycles. The Bertz CT molecular complexity index is 1200. The molecule has 3 N–H and O–H groups in total. The van der Waals surface area contributed by atoms with Crippen LogP contribution in [0.2, 0.25) is 0 Å². The highest BCUT2D eigenvalue weighted by Crippen LogP contribution is 2.63. The molecule has 2 saturated carbocycles. The minimum Gasteiger partial charge on any atom is -0.368 e. The lowest BCUT2D eigenvalue weighted by Crippen LogP contribution is -2.47.